The largest absolute Gasteiger partial charge is 0.494 e. The molecule has 0 aromatic heterocycles. The summed E-state index contributed by atoms with van der Waals surface area (Å²) in [5.74, 6) is 0.664. The molecule has 0 radical (unpaired) electrons. The second kappa shape index (κ2) is 6.78. The van der Waals surface area contributed by atoms with Crippen molar-refractivity contribution < 1.29 is 9.13 Å². The van der Waals surface area contributed by atoms with Crippen molar-refractivity contribution in [3.63, 3.8) is 0 Å². The van der Waals surface area contributed by atoms with Crippen molar-refractivity contribution in [2.75, 3.05) is 18.5 Å². The van der Waals surface area contributed by atoms with Gasteiger partial charge in [-0.25, -0.2) is 4.39 Å². The summed E-state index contributed by atoms with van der Waals surface area (Å²) >= 11 is 0. The number of anilines is 1. The van der Waals surface area contributed by atoms with Crippen LogP contribution in [0.5, 0.6) is 5.75 Å². The second-order valence-electron chi connectivity index (χ2n) is 4.45. The molecule has 0 amide bonds. The van der Waals surface area contributed by atoms with Gasteiger partial charge in [-0.15, -0.1) is 0 Å². The van der Waals surface area contributed by atoms with Crippen molar-refractivity contribution in [1.29, 1.82) is 0 Å². The van der Waals surface area contributed by atoms with Crippen molar-refractivity contribution >= 4 is 5.69 Å². The van der Waals surface area contributed by atoms with Gasteiger partial charge in [0.2, 0.25) is 0 Å². The molecule has 2 aromatic rings. The lowest BCUT2D eigenvalue weighted by molar-refractivity contribution is 0.315. The number of ether oxygens (including phenoxy) is 1. The van der Waals surface area contributed by atoms with Gasteiger partial charge in [-0.1, -0.05) is 23.8 Å². The van der Waals surface area contributed by atoms with Crippen LogP contribution >= 0.6 is 0 Å². The summed E-state index contributed by atoms with van der Waals surface area (Å²) < 4.78 is 18.5. The van der Waals surface area contributed by atoms with Gasteiger partial charge in [0, 0.05) is 12.2 Å². The summed E-state index contributed by atoms with van der Waals surface area (Å²) in [7, 11) is 0. The average Bonchev–Trinajstić information content (AvgIpc) is 2.41. The Labute approximate surface area is 113 Å². The van der Waals surface area contributed by atoms with E-state index in [4.69, 9.17) is 4.74 Å². The molecule has 0 spiro atoms. The van der Waals surface area contributed by atoms with Crippen molar-refractivity contribution in [3.8, 4) is 5.75 Å². The topological polar surface area (TPSA) is 21.3 Å². The molecule has 3 heteroatoms. The Morgan fingerprint density at radius 3 is 2.63 bits per heavy atom. The second-order valence-corrected chi connectivity index (χ2v) is 4.45. The third kappa shape index (κ3) is 4.62. The average molecular weight is 259 g/mol. The lowest BCUT2D eigenvalue weighted by atomic mass is 10.2. The van der Waals surface area contributed by atoms with Gasteiger partial charge in [-0.05, 0) is 43.7 Å². The van der Waals surface area contributed by atoms with E-state index in [1.54, 1.807) is 6.07 Å². The van der Waals surface area contributed by atoms with Crippen LogP contribution < -0.4 is 10.1 Å². The van der Waals surface area contributed by atoms with E-state index in [9.17, 15) is 4.39 Å². The van der Waals surface area contributed by atoms with E-state index in [2.05, 4.69) is 5.32 Å². The van der Waals surface area contributed by atoms with Gasteiger partial charge in [-0.3, -0.25) is 0 Å². The zero-order chi connectivity index (χ0) is 13.5. The number of nitrogens with one attached hydrogen (secondary N) is 1. The van der Waals surface area contributed by atoms with Crippen molar-refractivity contribution in [2.45, 2.75) is 13.3 Å². The molecule has 0 aliphatic rings. The molecule has 19 heavy (non-hydrogen) atoms. The Balaban J connectivity index is 1.66. The molecular formula is C16H18FNO. The minimum atomic E-state index is -0.221. The molecule has 0 aliphatic carbocycles. The third-order valence-corrected chi connectivity index (χ3v) is 2.76. The minimum absolute atomic E-state index is 0.221. The molecule has 0 fully saturated rings. The van der Waals surface area contributed by atoms with E-state index >= 15 is 0 Å². The van der Waals surface area contributed by atoms with Crippen LogP contribution in [0.2, 0.25) is 0 Å². The fourth-order valence-electron chi connectivity index (χ4n) is 1.73. The summed E-state index contributed by atoms with van der Waals surface area (Å²) in [4.78, 5) is 0. The van der Waals surface area contributed by atoms with E-state index in [0.29, 0.717) is 6.61 Å². The Hall–Kier alpha value is -2.03. The zero-order valence-electron chi connectivity index (χ0n) is 11.0. The van der Waals surface area contributed by atoms with Crippen LogP contribution in [0, 0.1) is 12.7 Å². The minimum Gasteiger partial charge on any atom is -0.494 e. The maximum atomic E-state index is 12.9. The van der Waals surface area contributed by atoms with Gasteiger partial charge in [0.05, 0.1) is 6.61 Å². The Morgan fingerprint density at radius 1 is 1.11 bits per heavy atom. The van der Waals surface area contributed by atoms with Gasteiger partial charge < -0.3 is 10.1 Å². The van der Waals surface area contributed by atoms with Crippen LogP contribution in [-0.2, 0) is 0 Å². The van der Waals surface area contributed by atoms with E-state index in [-0.39, 0.29) is 5.82 Å². The monoisotopic (exact) mass is 259 g/mol. The molecule has 2 nitrogen and oxygen atoms in total. The molecule has 0 bridgehead atoms. The molecule has 0 atom stereocenters. The van der Waals surface area contributed by atoms with E-state index < -0.39 is 0 Å². The van der Waals surface area contributed by atoms with Crippen molar-refractivity contribution in [1.82, 2.24) is 0 Å². The van der Waals surface area contributed by atoms with Crippen LogP contribution in [0.1, 0.15) is 12.0 Å². The first-order chi connectivity index (χ1) is 9.24. The fourth-order valence-corrected chi connectivity index (χ4v) is 1.73. The van der Waals surface area contributed by atoms with E-state index in [1.165, 1.54) is 17.7 Å². The Bertz CT molecular complexity index is 510. The number of hydrogen-bond donors (Lipinski definition) is 1. The first kappa shape index (κ1) is 13.4. The highest BCUT2D eigenvalue weighted by Gasteiger charge is 1.95. The number of benzene rings is 2. The summed E-state index contributed by atoms with van der Waals surface area (Å²) in [6.07, 6.45) is 0.865. The number of hydrogen-bond acceptors (Lipinski definition) is 2. The zero-order valence-corrected chi connectivity index (χ0v) is 11.0. The molecule has 0 heterocycles. The molecule has 2 rings (SSSR count). The highest BCUT2D eigenvalue weighted by molar-refractivity contribution is 5.42. The van der Waals surface area contributed by atoms with Crippen molar-refractivity contribution in [3.05, 3.63) is 59.9 Å². The lowest BCUT2D eigenvalue weighted by Crippen LogP contribution is -2.07. The van der Waals surface area contributed by atoms with Crippen LogP contribution in [0.25, 0.3) is 0 Å². The normalized spacial score (nSPS) is 10.2. The van der Waals surface area contributed by atoms with Gasteiger partial charge in [-0.2, -0.15) is 0 Å². The Kier molecular flexibility index (Phi) is 4.78. The molecule has 1 N–H and O–H groups in total. The molecular weight excluding hydrogens is 241 g/mol. The van der Waals surface area contributed by atoms with E-state index in [1.807, 2.05) is 37.3 Å². The quantitative estimate of drug-likeness (QED) is 0.791. The van der Waals surface area contributed by atoms with Crippen molar-refractivity contribution in [2.24, 2.45) is 0 Å². The lowest BCUT2D eigenvalue weighted by Gasteiger charge is -2.08. The van der Waals surface area contributed by atoms with Crippen LogP contribution in [0.4, 0.5) is 10.1 Å². The van der Waals surface area contributed by atoms with Crippen LogP contribution in [0.15, 0.2) is 48.5 Å². The molecule has 100 valence electrons. The molecule has 0 unspecified atom stereocenters. The first-order valence-corrected chi connectivity index (χ1v) is 6.43. The number of halogens is 1. The SMILES string of the molecule is Cc1ccc(OCCCNc2cccc(F)c2)cc1. The molecule has 0 saturated heterocycles. The maximum absolute atomic E-state index is 12.9. The predicted molar refractivity (Wildman–Crippen MR) is 76.2 cm³/mol. The maximum Gasteiger partial charge on any atom is 0.125 e. The summed E-state index contributed by atoms with van der Waals surface area (Å²) in [6.45, 7) is 3.45. The Morgan fingerprint density at radius 2 is 1.89 bits per heavy atom. The molecule has 0 aliphatic heterocycles. The summed E-state index contributed by atoms with van der Waals surface area (Å²) in [5, 5.41) is 3.16. The summed E-state index contributed by atoms with van der Waals surface area (Å²) in [5.41, 5.74) is 2.02. The molecule has 0 saturated carbocycles. The molecule has 2 aromatic carbocycles. The highest BCUT2D eigenvalue weighted by atomic mass is 19.1. The predicted octanol–water partition coefficient (Wildman–Crippen LogP) is 4.02. The first-order valence-electron chi connectivity index (χ1n) is 6.43. The van der Waals surface area contributed by atoms with Gasteiger partial charge in [0.15, 0.2) is 0 Å². The van der Waals surface area contributed by atoms with E-state index in [0.717, 1.165) is 24.4 Å². The number of rotatable bonds is 6. The number of aryl methyl sites for hydroxylation is 1. The third-order valence-electron chi connectivity index (χ3n) is 2.76. The highest BCUT2D eigenvalue weighted by Crippen LogP contribution is 2.12. The standard InChI is InChI=1S/C16H18FNO/c1-13-6-8-16(9-7-13)19-11-3-10-18-15-5-2-4-14(17)12-15/h2,4-9,12,18H,3,10-11H2,1H3. The van der Waals surface area contributed by atoms with Gasteiger partial charge >= 0.3 is 0 Å². The van der Waals surface area contributed by atoms with Crippen LogP contribution in [0.3, 0.4) is 0 Å². The van der Waals surface area contributed by atoms with Gasteiger partial charge in [0.25, 0.3) is 0 Å². The fraction of sp³-hybridized carbons (Fsp3) is 0.250. The van der Waals surface area contributed by atoms with Crippen LogP contribution in [-0.4, -0.2) is 13.2 Å². The summed E-state index contributed by atoms with van der Waals surface area (Å²) in [6, 6.07) is 14.5. The smallest absolute Gasteiger partial charge is 0.125 e. The van der Waals surface area contributed by atoms with Gasteiger partial charge in [0.1, 0.15) is 11.6 Å².